The maximum Gasteiger partial charge on any atom is 0.287 e. The molecule has 0 spiro atoms. The van der Waals surface area contributed by atoms with Gasteiger partial charge in [-0.2, -0.15) is 0 Å². The van der Waals surface area contributed by atoms with E-state index in [0.29, 0.717) is 21.3 Å². The summed E-state index contributed by atoms with van der Waals surface area (Å²) in [5, 5.41) is 11.5. The first-order valence-electron chi connectivity index (χ1n) is 5.48. The van der Waals surface area contributed by atoms with Gasteiger partial charge in [0.1, 0.15) is 16.0 Å². The molecule has 2 rings (SSSR count). The summed E-state index contributed by atoms with van der Waals surface area (Å²) in [6, 6.07) is 10.3. The molecule has 4 nitrogen and oxygen atoms in total. The lowest BCUT2D eigenvalue weighted by Crippen LogP contribution is -1.94. The van der Waals surface area contributed by atoms with Gasteiger partial charge in [0.15, 0.2) is 0 Å². The molecule has 0 amide bonds. The fraction of sp³-hybridized carbons (Fsp3) is 0.0769. The van der Waals surface area contributed by atoms with Crippen LogP contribution in [-0.4, -0.2) is 4.92 Å². The van der Waals surface area contributed by atoms with Crippen LogP contribution < -0.4 is 4.74 Å². The quantitative estimate of drug-likeness (QED) is 0.325. The van der Waals surface area contributed by atoms with Gasteiger partial charge in [-0.1, -0.05) is 37.9 Å². The molecule has 0 saturated carbocycles. The Hall–Kier alpha value is -0.920. The second-order valence-electron chi connectivity index (χ2n) is 3.83. The second-order valence-corrected chi connectivity index (χ2v) is 6.10. The average Bonchev–Trinajstić information content (AvgIpc) is 2.42. The molecule has 0 aliphatic rings. The Balaban J connectivity index is 2.40. The molecule has 7 heteroatoms. The Bertz CT molecular complexity index is 661. The van der Waals surface area contributed by atoms with E-state index in [1.807, 2.05) is 18.2 Å². The van der Waals surface area contributed by atoms with E-state index in [2.05, 4.69) is 47.8 Å². The van der Waals surface area contributed by atoms with Gasteiger partial charge < -0.3 is 4.74 Å². The van der Waals surface area contributed by atoms with E-state index in [9.17, 15) is 10.1 Å². The highest BCUT2D eigenvalue weighted by atomic mass is 79.9. The van der Waals surface area contributed by atoms with E-state index in [1.165, 1.54) is 6.07 Å². The molecular weight excluding hydrogens is 458 g/mol. The zero-order chi connectivity index (χ0) is 14.7. The molecule has 0 aromatic heterocycles. The third-order valence-corrected chi connectivity index (χ3v) is 4.42. The monoisotopic (exact) mass is 463 g/mol. The zero-order valence-electron chi connectivity index (χ0n) is 9.98. The Morgan fingerprint density at radius 2 is 1.90 bits per heavy atom. The van der Waals surface area contributed by atoms with Crippen LogP contribution in [0.1, 0.15) is 5.56 Å². The normalized spacial score (nSPS) is 10.3. The molecule has 0 heterocycles. The number of rotatable bonds is 4. The van der Waals surface area contributed by atoms with Crippen LogP contribution in [0.25, 0.3) is 0 Å². The molecule has 2 aromatic rings. The summed E-state index contributed by atoms with van der Waals surface area (Å²) in [5.41, 5.74) is 0.915. The van der Waals surface area contributed by atoms with E-state index in [4.69, 9.17) is 4.74 Å². The van der Waals surface area contributed by atoms with Crippen LogP contribution in [-0.2, 0) is 5.33 Å². The van der Waals surface area contributed by atoms with E-state index < -0.39 is 4.92 Å². The highest BCUT2D eigenvalue weighted by molar-refractivity contribution is 9.11. The summed E-state index contributed by atoms with van der Waals surface area (Å²) in [6.07, 6.45) is 0. The number of benzene rings is 2. The molecule has 0 aliphatic heterocycles. The van der Waals surface area contributed by atoms with Gasteiger partial charge in [-0.3, -0.25) is 10.1 Å². The maximum atomic E-state index is 10.9. The lowest BCUT2D eigenvalue weighted by Gasteiger charge is -2.11. The highest BCUT2D eigenvalue weighted by Gasteiger charge is 2.17. The average molecular weight is 466 g/mol. The van der Waals surface area contributed by atoms with Gasteiger partial charge >= 0.3 is 0 Å². The van der Waals surface area contributed by atoms with Crippen molar-refractivity contribution in [3.63, 3.8) is 0 Å². The molecule has 20 heavy (non-hydrogen) atoms. The largest absolute Gasteiger partial charge is 0.456 e. The number of halogens is 3. The van der Waals surface area contributed by atoms with Gasteiger partial charge in [-0.25, -0.2) is 0 Å². The van der Waals surface area contributed by atoms with Crippen molar-refractivity contribution >= 4 is 53.5 Å². The minimum Gasteiger partial charge on any atom is -0.456 e. The third kappa shape index (κ3) is 3.39. The van der Waals surface area contributed by atoms with Crippen molar-refractivity contribution in [3.8, 4) is 11.5 Å². The molecule has 104 valence electrons. The lowest BCUT2D eigenvalue weighted by molar-refractivity contribution is -0.385. The summed E-state index contributed by atoms with van der Waals surface area (Å²) in [4.78, 5) is 10.4. The summed E-state index contributed by atoms with van der Waals surface area (Å²) in [6.45, 7) is 0. The highest BCUT2D eigenvalue weighted by Crippen LogP contribution is 2.38. The summed E-state index contributed by atoms with van der Waals surface area (Å²) < 4.78 is 7.04. The smallest absolute Gasteiger partial charge is 0.287 e. The summed E-state index contributed by atoms with van der Waals surface area (Å²) in [7, 11) is 0. The van der Waals surface area contributed by atoms with E-state index in [1.54, 1.807) is 12.1 Å². The maximum absolute atomic E-state index is 10.9. The second kappa shape index (κ2) is 6.69. The molecule has 0 fully saturated rings. The van der Waals surface area contributed by atoms with Crippen molar-refractivity contribution in [1.29, 1.82) is 0 Å². The number of nitro benzene ring substituents is 1. The minimum absolute atomic E-state index is 0.0278. The van der Waals surface area contributed by atoms with Gasteiger partial charge in [0.25, 0.3) is 5.69 Å². The zero-order valence-corrected chi connectivity index (χ0v) is 14.7. The predicted octanol–water partition coefficient (Wildman–Crippen LogP) is 5.81. The van der Waals surface area contributed by atoms with Crippen LogP contribution in [0.15, 0.2) is 45.3 Å². The van der Waals surface area contributed by atoms with Crippen LogP contribution in [0.5, 0.6) is 11.5 Å². The molecule has 0 atom stereocenters. The van der Waals surface area contributed by atoms with Crippen LogP contribution in [0.4, 0.5) is 5.69 Å². The van der Waals surface area contributed by atoms with Crippen LogP contribution in [0.2, 0.25) is 0 Å². The number of hydrogen-bond donors (Lipinski definition) is 0. The molecule has 2 aromatic carbocycles. The molecule has 0 aliphatic carbocycles. The Labute approximate surface area is 140 Å². The minimum atomic E-state index is -0.454. The van der Waals surface area contributed by atoms with E-state index >= 15 is 0 Å². The van der Waals surface area contributed by atoms with Crippen LogP contribution >= 0.6 is 47.8 Å². The van der Waals surface area contributed by atoms with E-state index in [-0.39, 0.29) is 5.69 Å². The number of hydrogen-bond acceptors (Lipinski definition) is 3. The molecular formula is C13H8Br3NO3. The lowest BCUT2D eigenvalue weighted by atomic mass is 10.2. The predicted molar refractivity (Wildman–Crippen MR) is 87.6 cm³/mol. The Morgan fingerprint density at radius 3 is 2.55 bits per heavy atom. The fourth-order valence-corrected chi connectivity index (χ4v) is 2.93. The number of ether oxygens (including phenoxy) is 1. The van der Waals surface area contributed by atoms with Crippen LogP contribution in [0, 0.1) is 10.1 Å². The van der Waals surface area contributed by atoms with E-state index in [0.717, 1.165) is 10.0 Å². The van der Waals surface area contributed by atoms with Crippen molar-refractivity contribution in [2.75, 3.05) is 0 Å². The fourth-order valence-electron chi connectivity index (χ4n) is 1.59. The van der Waals surface area contributed by atoms with Gasteiger partial charge in [-0.05, 0) is 40.2 Å². The first-order valence-corrected chi connectivity index (χ1v) is 8.19. The first kappa shape index (κ1) is 15.5. The molecule has 0 saturated heterocycles. The van der Waals surface area contributed by atoms with Crippen molar-refractivity contribution in [1.82, 2.24) is 0 Å². The van der Waals surface area contributed by atoms with Crippen molar-refractivity contribution in [2.45, 2.75) is 5.33 Å². The van der Waals surface area contributed by atoms with Crippen LogP contribution in [0.3, 0.4) is 0 Å². The Kier molecular flexibility index (Phi) is 5.17. The first-order chi connectivity index (χ1) is 9.52. The summed E-state index contributed by atoms with van der Waals surface area (Å²) in [5.74, 6) is 1.05. The molecule has 0 radical (unpaired) electrons. The standard InChI is InChI=1S/C13H8Br3NO3/c14-7-8-6-9(15)4-5-11(8)20-12-3-1-2-10(13(12)16)17(18)19/h1-6H,7H2. The number of nitro groups is 1. The van der Waals surface area contributed by atoms with Crippen molar-refractivity contribution < 1.29 is 9.66 Å². The van der Waals surface area contributed by atoms with Gasteiger partial charge in [0.2, 0.25) is 0 Å². The molecule has 0 bridgehead atoms. The van der Waals surface area contributed by atoms with Gasteiger partial charge in [-0.15, -0.1) is 0 Å². The number of alkyl halides is 1. The SMILES string of the molecule is O=[N+]([O-])c1cccc(Oc2ccc(Br)cc2CBr)c1Br. The summed E-state index contributed by atoms with van der Waals surface area (Å²) >= 11 is 10.00. The molecule has 0 unspecified atom stereocenters. The van der Waals surface area contributed by atoms with Gasteiger partial charge in [0.05, 0.1) is 4.92 Å². The third-order valence-electron chi connectivity index (χ3n) is 2.53. The molecule has 0 N–H and O–H groups in total. The van der Waals surface area contributed by atoms with Crippen molar-refractivity contribution in [2.24, 2.45) is 0 Å². The topological polar surface area (TPSA) is 52.4 Å². The van der Waals surface area contributed by atoms with Crippen molar-refractivity contribution in [3.05, 3.63) is 61.0 Å². The number of nitrogens with zero attached hydrogens (tertiary/aromatic N) is 1. The van der Waals surface area contributed by atoms with Gasteiger partial charge in [0, 0.05) is 21.4 Å². The Morgan fingerprint density at radius 1 is 1.15 bits per heavy atom.